The molecule has 1 saturated carbocycles. The van der Waals surface area contributed by atoms with E-state index in [4.69, 9.17) is 11.6 Å². The van der Waals surface area contributed by atoms with E-state index in [1.165, 1.54) is 36.4 Å². The standard InChI is InChI=1S/C20H21ClN4O5S/c1-12-9-17(12)20(28)22-11-18(26)23-24-19(27)13-3-2-4-16(10-13)31(29,30)25-15-7-5-14(21)6-8-15/h2-8,10,12,17,25H,9,11H2,1H3,(H,22,28)(H,23,26)(H,24,27)/t12-,17+/m0/s1. The number of carbonyl (C=O) groups is 3. The normalized spacial score (nSPS) is 17.4. The molecule has 0 bridgehead atoms. The zero-order chi connectivity index (χ0) is 22.6. The Morgan fingerprint density at radius 3 is 2.39 bits per heavy atom. The van der Waals surface area contributed by atoms with Gasteiger partial charge in [0.15, 0.2) is 0 Å². The first-order valence-electron chi connectivity index (χ1n) is 9.41. The molecule has 164 valence electrons. The van der Waals surface area contributed by atoms with Gasteiger partial charge in [-0.05, 0) is 54.8 Å². The summed E-state index contributed by atoms with van der Waals surface area (Å²) >= 11 is 5.79. The smallest absolute Gasteiger partial charge is 0.269 e. The molecule has 2 aromatic carbocycles. The molecule has 0 unspecified atom stereocenters. The third kappa shape index (κ3) is 6.19. The summed E-state index contributed by atoms with van der Waals surface area (Å²) < 4.78 is 27.5. The summed E-state index contributed by atoms with van der Waals surface area (Å²) in [5.41, 5.74) is 4.71. The summed E-state index contributed by atoms with van der Waals surface area (Å²) in [4.78, 5) is 35.7. The van der Waals surface area contributed by atoms with E-state index in [-0.39, 0.29) is 28.8 Å². The van der Waals surface area contributed by atoms with Gasteiger partial charge < -0.3 is 5.32 Å². The van der Waals surface area contributed by atoms with Crippen molar-refractivity contribution in [2.45, 2.75) is 18.2 Å². The molecule has 4 N–H and O–H groups in total. The number of amides is 3. The highest BCUT2D eigenvalue weighted by Gasteiger charge is 2.38. The Kier molecular flexibility index (Phi) is 6.81. The van der Waals surface area contributed by atoms with Gasteiger partial charge in [0.2, 0.25) is 5.91 Å². The summed E-state index contributed by atoms with van der Waals surface area (Å²) in [7, 11) is -3.95. The van der Waals surface area contributed by atoms with Gasteiger partial charge in [-0.1, -0.05) is 24.6 Å². The summed E-state index contributed by atoms with van der Waals surface area (Å²) in [5, 5.41) is 2.96. The van der Waals surface area contributed by atoms with Crippen LogP contribution in [0.4, 0.5) is 5.69 Å². The van der Waals surface area contributed by atoms with E-state index < -0.39 is 21.8 Å². The molecule has 0 saturated heterocycles. The van der Waals surface area contributed by atoms with Crippen LogP contribution in [-0.2, 0) is 19.6 Å². The lowest BCUT2D eigenvalue weighted by Gasteiger charge is -2.11. The molecule has 2 atom stereocenters. The molecule has 11 heteroatoms. The Hall–Kier alpha value is -3.11. The number of rotatable bonds is 7. The maximum atomic E-state index is 12.6. The fourth-order valence-electron chi connectivity index (χ4n) is 2.77. The second-order valence-electron chi connectivity index (χ2n) is 7.18. The van der Waals surface area contributed by atoms with Crippen LogP contribution >= 0.6 is 11.6 Å². The van der Waals surface area contributed by atoms with Crippen molar-refractivity contribution in [1.29, 1.82) is 0 Å². The molecule has 0 aliphatic heterocycles. The minimum Gasteiger partial charge on any atom is -0.347 e. The molecule has 0 radical (unpaired) electrons. The van der Waals surface area contributed by atoms with Crippen molar-refractivity contribution >= 4 is 45.0 Å². The number of hydrogen-bond acceptors (Lipinski definition) is 5. The lowest BCUT2D eigenvalue weighted by atomic mass is 10.2. The lowest BCUT2D eigenvalue weighted by molar-refractivity contribution is -0.127. The second kappa shape index (κ2) is 9.36. The van der Waals surface area contributed by atoms with E-state index in [2.05, 4.69) is 20.9 Å². The molecular weight excluding hydrogens is 444 g/mol. The minimum absolute atomic E-state index is 0.0233. The highest BCUT2D eigenvalue weighted by Crippen LogP contribution is 2.37. The Morgan fingerprint density at radius 2 is 1.74 bits per heavy atom. The molecule has 31 heavy (non-hydrogen) atoms. The van der Waals surface area contributed by atoms with Crippen molar-refractivity contribution in [3.05, 3.63) is 59.1 Å². The maximum absolute atomic E-state index is 12.6. The number of halogens is 1. The van der Waals surface area contributed by atoms with Crippen LogP contribution in [0.5, 0.6) is 0 Å². The third-order valence-electron chi connectivity index (χ3n) is 4.69. The molecule has 1 aliphatic rings. The Balaban J connectivity index is 1.56. The van der Waals surface area contributed by atoms with Gasteiger partial charge in [0, 0.05) is 22.2 Å². The van der Waals surface area contributed by atoms with Crippen LogP contribution in [0.15, 0.2) is 53.4 Å². The molecule has 3 amide bonds. The fraction of sp³-hybridized carbons (Fsp3) is 0.250. The summed E-state index contributed by atoms with van der Waals surface area (Å²) in [6.45, 7) is 1.67. The van der Waals surface area contributed by atoms with Crippen molar-refractivity contribution in [2.24, 2.45) is 11.8 Å². The molecule has 3 rings (SSSR count). The third-order valence-corrected chi connectivity index (χ3v) is 6.32. The second-order valence-corrected chi connectivity index (χ2v) is 9.30. The van der Waals surface area contributed by atoms with E-state index >= 15 is 0 Å². The molecular formula is C20H21ClN4O5S. The number of hydrogen-bond donors (Lipinski definition) is 4. The quantitative estimate of drug-likeness (QED) is 0.462. The SMILES string of the molecule is C[C@H]1C[C@H]1C(=O)NCC(=O)NNC(=O)c1cccc(S(=O)(=O)Nc2ccc(Cl)cc2)c1. The largest absolute Gasteiger partial charge is 0.347 e. The van der Waals surface area contributed by atoms with Crippen molar-refractivity contribution < 1.29 is 22.8 Å². The average Bonchev–Trinajstić information content (AvgIpc) is 3.48. The Labute approximate surface area is 184 Å². The number of nitrogens with one attached hydrogen (secondary N) is 4. The monoisotopic (exact) mass is 464 g/mol. The van der Waals surface area contributed by atoms with Gasteiger partial charge in [-0.2, -0.15) is 0 Å². The van der Waals surface area contributed by atoms with Crippen LogP contribution in [0.2, 0.25) is 5.02 Å². The number of sulfonamides is 1. The van der Waals surface area contributed by atoms with E-state index in [9.17, 15) is 22.8 Å². The first kappa shape index (κ1) is 22.6. The highest BCUT2D eigenvalue weighted by molar-refractivity contribution is 7.92. The Morgan fingerprint density at radius 1 is 1.06 bits per heavy atom. The zero-order valence-corrected chi connectivity index (χ0v) is 18.1. The molecule has 1 fully saturated rings. The average molecular weight is 465 g/mol. The van der Waals surface area contributed by atoms with Crippen LogP contribution in [0.3, 0.4) is 0 Å². The van der Waals surface area contributed by atoms with E-state index in [0.29, 0.717) is 16.6 Å². The van der Waals surface area contributed by atoms with Gasteiger partial charge >= 0.3 is 0 Å². The van der Waals surface area contributed by atoms with Crippen LogP contribution in [0, 0.1) is 11.8 Å². The zero-order valence-electron chi connectivity index (χ0n) is 16.5. The predicted octanol–water partition coefficient (Wildman–Crippen LogP) is 1.67. The summed E-state index contributed by atoms with van der Waals surface area (Å²) in [6, 6.07) is 11.4. The topological polar surface area (TPSA) is 133 Å². The van der Waals surface area contributed by atoms with Crippen LogP contribution in [0.25, 0.3) is 0 Å². The first-order chi connectivity index (χ1) is 14.7. The fourth-order valence-corrected chi connectivity index (χ4v) is 4.00. The van der Waals surface area contributed by atoms with Gasteiger partial charge in [-0.15, -0.1) is 0 Å². The number of anilines is 1. The predicted molar refractivity (Wildman–Crippen MR) is 115 cm³/mol. The van der Waals surface area contributed by atoms with Crippen LogP contribution in [-0.4, -0.2) is 32.7 Å². The van der Waals surface area contributed by atoms with Gasteiger partial charge in [-0.25, -0.2) is 8.42 Å². The molecule has 0 spiro atoms. The van der Waals surface area contributed by atoms with Crippen LogP contribution < -0.4 is 20.9 Å². The molecule has 1 aliphatic carbocycles. The summed E-state index contributed by atoms with van der Waals surface area (Å²) in [6.07, 6.45) is 0.802. The minimum atomic E-state index is -3.95. The number of hydrazine groups is 1. The van der Waals surface area contributed by atoms with E-state index in [1.807, 2.05) is 6.92 Å². The van der Waals surface area contributed by atoms with E-state index in [1.54, 1.807) is 12.1 Å². The number of benzene rings is 2. The van der Waals surface area contributed by atoms with Gasteiger partial charge in [-0.3, -0.25) is 30.0 Å². The summed E-state index contributed by atoms with van der Waals surface area (Å²) in [5.74, 6) is -1.25. The molecule has 9 nitrogen and oxygen atoms in total. The Bertz CT molecular complexity index is 1100. The van der Waals surface area contributed by atoms with Crippen molar-refractivity contribution in [3.63, 3.8) is 0 Å². The first-order valence-corrected chi connectivity index (χ1v) is 11.3. The van der Waals surface area contributed by atoms with Gasteiger partial charge in [0.25, 0.3) is 21.8 Å². The van der Waals surface area contributed by atoms with Crippen molar-refractivity contribution in [2.75, 3.05) is 11.3 Å². The molecule has 0 aromatic heterocycles. The van der Waals surface area contributed by atoms with Gasteiger partial charge in [0.1, 0.15) is 0 Å². The van der Waals surface area contributed by atoms with E-state index in [0.717, 1.165) is 6.42 Å². The number of carbonyl (C=O) groups excluding carboxylic acids is 3. The maximum Gasteiger partial charge on any atom is 0.269 e. The lowest BCUT2D eigenvalue weighted by Crippen LogP contribution is -2.46. The van der Waals surface area contributed by atoms with Crippen molar-refractivity contribution in [3.8, 4) is 0 Å². The van der Waals surface area contributed by atoms with Gasteiger partial charge in [0.05, 0.1) is 11.4 Å². The molecule has 2 aromatic rings. The highest BCUT2D eigenvalue weighted by atomic mass is 35.5. The molecule has 0 heterocycles. The van der Waals surface area contributed by atoms with Crippen molar-refractivity contribution in [1.82, 2.24) is 16.2 Å². The van der Waals surface area contributed by atoms with Crippen LogP contribution in [0.1, 0.15) is 23.7 Å².